The Balaban J connectivity index is 1.56. The summed E-state index contributed by atoms with van der Waals surface area (Å²) in [4.78, 5) is 24.3. The lowest BCUT2D eigenvalue weighted by atomic mass is 9.97. The monoisotopic (exact) mass is 424 g/mol. The Kier molecular flexibility index (Phi) is 4.95. The third-order valence-corrected chi connectivity index (χ3v) is 6.44. The van der Waals surface area contributed by atoms with Gasteiger partial charge in [-0.2, -0.15) is 0 Å². The molecule has 0 fully saturated rings. The van der Waals surface area contributed by atoms with Crippen LogP contribution in [0.5, 0.6) is 5.75 Å². The number of hydrogen-bond donors (Lipinski definition) is 2. The van der Waals surface area contributed by atoms with Gasteiger partial charge >= 0.3 is 0 Å². The van der Waals surface area contributed by atoms with Crippen molar-refractivity contribution in [2.75, 3.05) is 5.32 Å². The van der Waals surface area contributed by atoms with Gasteiger partial charge in [-0.05, 0) is 48.4 Å². The van der Waals surface area contributed by atoms with Crippen molar-refractivity contribution in [3.05, 3.63) is 66.2 Å². The van der Waals surface area contributed by atoms with E-state index in [9.17, 15) is 18.0 Å². The molecule has 154 valence electrons. The standard InChI is InChI=1S/C22H20N2O5S/c1-13(16-8-7-15-5-3-4-6-17(15)11-16)21(25)24-30(27,28)18-9-10-20-19(12-18)23-22(26)14(2)29-20/h3-14H,1-2H3,(H,23,26)(H,24,25). The Hall–Kier alpha value is -3.39. The summed E-state index contributed by atoms with van der Waals surface area (Å²) in [6.45, 7) is 3.24. The number of amides is 2. The summed E-state index contributed by atoms with van der Waals surface area (Å²) in [5.41, 5.74) is 0.956. The number of hydrogen-bond acceptors (Lipinski definition) is 5. The predicted molar refractivity (Wildman–Crippen MR) is 113 cm³/mol. The maximum absolute atomic E-state index is 12.7. The Labute approximate surface area is 174 Å². The minimum absolute atomic E-state index is 0.140. The van der Waals surface area contributed by atoms with Crippen LogP contribution < -0.4 is 14.8 Å². The molecule has 1 aliphatic heterocycles. The summed E-state index contributed by atoms with van der Waals surface area (Å²) < 4.78 is 33.0. The predicted octanol–water partition coefficient (Wildman–Crippen LogP) is 3.17. The smallest absolute Gasteiger partial charge is 0.265 e. The minimum atomic E-state index is -4.13. The highest BCUT2D eigenvalue weighted by atomic mass is 32.2. The number of anilines is 1. The van der Waals surface area contributed by atoms with Gasteiger partial charge in [-0.15, -0.1) is 0 Å². The van der Waals surface area contributed by atoms with Crippen LogP contribution in [-0.2, 0) is 19.6 Å². The van der Waals surface area contributed by atoms with E-state index >= 15 is 0 Å². The number of benzene rings is 3. The van der Waals surface area contributed by atoms with E-state index in [2.05, 4.69) is 10.0 Å². The molecule has 3 aromatic carbocycles. The first-order valence-corrected chi connectivity index (χ1v) is 10.9. The number of carbonyl (C=O) groups is 2. The number of nitrogens with one attached hydrogen (secondary N) is 2. The van der Waals surface area contributed by atoms with Crippen LogP contribution in [0, 0.1) is 0 Å². The first-order valence-electron chi connectivity index (χ1n) is 9.41. The second kappa shape index (κ2) is 7.46. The molecule has 3 aromatic rings. The van der Waals surface area contributed by atoms with Crippen LogP contribution in [0.2, 0.25) is 0 Å². The highest BCUT2D eigenvalue weighted by Gasteiger charge is 2.27. The Morgan fingerprint density at radius 3 is 2.57 bits per heavy atom. The molecule has 30 heavy (non-hydrogen) atoms. The van der Waals surface area contributed by atoms with Gasteiger partial charge in [0.25, 0.3) is 15.9 Å². The second-order valence-electron chi connectivity index (χ2n) is 7.21. The zero-order valence-electron chi connectivity index (χ0n) is 16.4. The van der Waals surface area contributed by atoms with Gasteiger partial charge in [0.15, 0.2) is 6.10 Å². The Morgan fingerprint density at radius 1 is 1.07 bits per heavy atom. The van der Waals surface area contributed by atoms with E-state index in [0.717, 1.165) is 10.8 Å². The lowest BCUT2D eigenvalue weighted by molar-refractivity contribution is -0.123. The molecule has 8 heteroatoms. The first kappa shape index (κ1) is 19.9. The molecule has 2 unspecified atom stereocenters. The van der Waals surface area contributed by atoms with Gasteiger partial charge in [0.05, 0.1) is 16.5 Å². The van der Waals surface area contributed by atoms with Gasteiger partial charge in [0.1, 0.15) is 5.75 Å². The average Bonchev–Trinajstić information content (AvgIpc) is 2.73. The summed E-state index contributed by atoms with van der Waals surface area (Å²) in [6.07, 6.45) is -0.664. The van der Waals surface area contributed by atoms with Gasteiger partial charge in [0, 0.05) is 0 Å². The molecule has 2 amide bonds. The SMILES string of the molecule is CC1Oc2ccc(S(=O)(=O)NC(=O)C(C)c3ccc4ccccc4c3)cc2NC1=O. The number of fused-ring (bicyclic) bond motifs is 2. The van der Waals surface area contributed by atoms with Crippen molar-refractivity contribution in [3.63, 3.8) is 0 Å². The van der Waals surface area contributed by atoms with E-state index in [1.165, 1.54) is 18.2 Å². The van der Waals surface area contributed by atoms with Gasteiger partial charge in [-0.1, -0.05) is 42.5 Å². The molecule has 0 saturated heterocycles. The van der Waals surface area contributed by atoms with Gasteiger partial charge in [0.2, 0.25) is 5.91 Å². The zero-order valence-corrected chi connectivity index (χ0v) is 17.2. The van der Waals surface area contributed by atoms with Crippen molar-refractivity contribution in [2.45, 2.75) is 30.8 Å². The molecule has 7 nitrogen and oxygen atoms in total. The fraction of sp³-hybridized carbons (Fsp3) is 0.182. The van der Waals surface area contributed by atoms with Crippen LogP contribution in [0.3, 0.4) is 0 Å². The zero-order chi connectivity index (χ0) is 21.5. The number of carbonyl (C=O) groups excluding carboxylic acids is 2. The summed E-state index contributed by atoms with van der Waals surface area (Å²) in [7, 11) is -4.13. The van der Waals surface area contributed by atoms with E-state index in [1.807, 2.05) is 42.5 Å². The van der Waals surface area contributed by atoms with Crippen molar-refractivity contribution in [1.82, 2.24) is 4.72 Å². The Bertz CT molecular complexity index is 1270. The lowest BCUT2D eigenvalue weighted by Crippen LogP contribution is -2.35. The van der Waals surface area contributed by atoms with Crippen LogP contribution in [0.1, 0.15) is 25.3 Å². The third kappa shape index (κ3) is 3.73. The quantitative estimate of drug-likeness (QED) is 0.670. The maximum Gasteiger partial charge on any atom is 0.265 e. The van der Waals surface area contributed by atoms with Crippen LogP contribution >= 0.6 is 0 Å². The van der Waals surface area contributed by atoms with Crippen LogP contribution in [0.15, 0.2) is 65.6 Å². The molecule has 0 radical (unpaired) electrons. The van der Waals surface area contributed by atoms with Crippen molar-refractivity contribution < 1.29 is 22.7 Å². The van der Waals surface area contributed by atoms with Gasteiger partial charge in [-0.3, -0.25) is 9.59 Å². The molecule has 0 saturated carbocycles. The molecule has 1 aliphatic rings. The molecular weight excluding hydrogens is 404 g/mol. The molecule has 0 aliphatic carbocycles. The van der Waals surface area contributed by atoms with Crippen molar-refractivity contribution in [1.29, 1.82) is 0 Å². The van der Waals surface area contributed by atoms with E-state index in [-0.39, 0.29) is 16.5 Å². The normalized spacial score (nSPS) is 16.9. The van der Waals surface area contributed by atoms with Crippen LogP contribution in [0.25, 0.3) is 10.8 Å². The highest BCUT2D eigenvalue weighted by molar-refractivity contribution is 7.90. The fourth-order valence-electron chi connectivity index (χ4n) is 3.26. The van der Waals surface area contributed by atoms with E-state index in [0.29, 0.717) is 11.3 Å². The first-order chi connectivity index (χ1) is 14.2. The van der Waals surface area contributed by atoms with Gasteiger partial charge < -0.3 is 10.1 Å². The number of rotatable bonds is 4. The van der Waals surface area contributed by atoms with Crippen LogP contribution in [0.4, 0.5) is 5.69 Å². The summed E-state index contributed by atoms with van der Waals surface area (Å²) >= 11 is 0. The lowest BCUT2D eigenvalue weighted by Gasteiger charge is -2.23. The number of sulfonamides is 1. The minimum Gasteiger partial charge on any atom is -0.479 e. The molecular formula is C22H20N2O5S. The topological polar surface area (TPSA) is 102 Å². The molecule has 1 heterocycles. The Morgan fingerprint density at radius 2 is 1.80 bits per heavy atom. The second-order valence-corrected chi connectivity index (χ2v) is 8.89. The number of ether oxygens (including phenoxy) is 1. The molecule has 0 spiro atoms. The van der Waals surface area contributed by atoms with Crippen molar-refractivity contribution in [3.8, 4) is 5.75 Å². The molecule has 4 rings (SSSR count). The summed E-state index contributed by atoms with van der Waals surface area (Å²) in [5.74, 6) is -1.31. The van der Waals surface area contributed by atoms with Crippen molar-refractivity contribution in [2.24, 2.45) is 0 Å². The van der Waals surface area contributed by atoms with E-state index in [1.54, 1.807) is 13.8 Å². The summed E-state index contributed by atoms with van der Waals surface area (Å²) in [6, 6.07) is 17.4. The third-order valence-electron chi connectivity index (χ3n) is 5.09. The molecule has 2 atom stereocenters. The van der Waals surface area contributed by atoms with Gasteiger partial charge in [-0.25, -0.2) is 13.1 Å². The maximum atomic E-state index is 12.7. The highest BCUT2D eigenvalue weighted by Crippen LogP contribution is 2.32. The van der Waals surface area contributed by atoms with Crippen LogP contribution in [-0.4, -0.2) is 26.3 Å². The van der Waals surface area contributed by atoms with Crippen molar-refractivity contribution >= 4 is 38.3 Å². The molecule has 0 aromatic heterocycles. The van der Waals surface area contributed by atoms with E-state index in [4.69, 9.17) is 4.74 Å². The molecule has 2 N–H and O–H groups in total. The fourth-order valence-corrected chi connectivity index (χ4v) is 4.34. The molecule has 0 bridgehead atoms. The summed E-state index contributed by atoms with van der Waals surface area (Å²) in [5, 5.41) is 4.61. The van der Waals surface area contributed by atoms with E-state index < -0.39 is 28.0 Å². The largest absolute Gasteiger partial charge is 0.479 e. The average molecular weight is 424 g/mol.